The Morgan fingerprint density at radius 1 is 1.33 bits per heavy atom. The highest BCUT2D eigenvalue weighted by Gasteiger charge is 2.33. The third-order valence-electron chi connectivity index (χ3n) is 2.32. The van der Waals surface area contributed by atoms with Gasteiger partial charge < -0.3 is 10.6 Å². The fourth-order valence-corrected chi connectivity index (χ4v) is 1.89. The molecule has 1 aliphatic rings. The number of nitrogens with one attached hydrogen (secondary N) is 2. The van der Waals surface area contributed by atoms with Crippen molar-refractivity contribution in [3.63, 3.8) is 0 Å². The molecule has 1 aromatic rings. The number of halogens is 2. The molecule has 0 saturated heterocycles. The minimum atomic E-state index is -0.702. The van der Waals surface area contributed by atoms with Gasteiger partial charge in [0.05, 0.1) is 14.9 Å². The lowest BCUT2D eigenvalue weighted by Crippen LogP contribution is -2.47. The molecule has 2 N–H and O–H groups in total. The van der Waals surface area contributed by atoms with E-state index in [1.165, 1.54) is 6.07 Å². The average Bonchev–Trinajstić information content (AvgIpc) is 2.11. The van der Waals surface area contributed by atoms with Crippen LogP contribution in [0, 0.1) is 9.39 Å². The lowest BCUT2D eigenvalue weighted by Gasteiger charge is -2.32. The number of hydrogen-bond acceptors (Lipinski definition) is 2. The normalized spacial score (nSPS) is 17.7. The van der Waals surface area contributed by atoms with E-state index < -0.39 is 5.54 Å². The molecular formula is C10H10FIN2O. The van der Waals surface area contributed by atoms with Crippen molar-refractivity contribution in [1.82, 2.24) is 0 Å². The molecule has 0 unspecified atom stereocenters. The van der Waals surface area contributed by atoms with Crippen LogP contribution < -0.4 is 10.6 Å². The fourth-order valence-electron chi connectivity index (χ4n) is 1.43. The van der Waals surface area contributed by atoms with Gasteiger partial charge in [-0.05, 0) is 42.5 Å². The van der Waals surface area contributed by atoms with Crippen molar-refractivity contribution in [1.29, 1.82) is 0 Å². The standard InChI is InChI=1S/C10H10FIN2O/c1-10(2)9(15)13-7-4-6(12)5(11)3-8(7)14-10/h3-4,14H,1-2H3,(H,13,15). The van der Waals surface area contributed by atoms with Crippen LogP contribution in [-0.4, -0.2) is 11.4 Å². The van der Waals surface area contributed by atoms with Crippen LogP contribution in [0.5, 0.6) is 0 Å². The molecule has 0 spiro atoms. The first-order valence-corrected chi connectivity index (χ1v) is 5.57. The smallest absolute Gasteiger partial charge is 0.249 e. The van der Waals surface area contributed by atoms with Gasteiger partial charge in [0.1, 0.15) is 11.4 Å². The summed E-state index contributed by atoms with van der Waals surface area (Å²) in [5.41, 5.74) is 0.550. The van der Waals surface area contributed by atoms with Crippen LogP contribution in [0.3, 0.4) is 0 Å². The van der Waals surface area contributed by atoms with E-state index in [1.807, 2.05) is 22.6 Å². The number of fused-ring (bicyclic) bond motifs is 1. The molecule has 0 aliphatic carbocycles. The Labute approximate surface area is 101 Å². The highest BCUT2D eigenvalue weighted by molar-refractivity contribution is 14.1. The molecule has 0 fully saturated rings. The van der Waals surface area contributed by atoms with Crippen molar-refractivity contribution < 1.29 is 9.18 Å². The number of hydrogen-bond donors (Lipinski definition) is 2. The summed E-state index contributed by atoms with van der Waals surface area (Å²) < 4.78 is 13.8. The molecule has 80 valence electrons. The molecule has 0 atom stereocenters. The van der Waals surface area contributed by atoms with Crippen molar-refractivity contribution >= 4 is 39.9 Å². The van der Waals surface area contributed by atoms with Crippen LogP contribution in [0.25, 0.3) is 0 Å². The Kier molecular flexibility index (Phi) is 2.37. The van der Waals surface area contributed by atoms with Crippen LogP contribution in [-0.2, 0) is 4.79 Å². The molecule has 1 aromatic carbocycles. The summed E-state index contributed by atoms with van der Waals surface area (Å²) >= 11 is 1.89. The Morgan fingerprint density at radius 2 is 2.00 bits per heavy atom. The van der Waals surface area contributed by atoms with Crippen molar-refractivity contribution in [2.45, 2.75) is 19.4 Å². The van der Waals surface area contributed by atoms with Crippen molar-refractivity contribution in [2.75, 3.05) is 10.6 Å². The molecule has 1 heterocycles. The van der Waals surface area contributed by atoms with Crippen LogP contribution in [0.2, 0.25) is 0 Å². The maximum atomic E-state index is 13.3. The predicted molar refractivity (Wildman–Crippen MR) is 65.4 cm³/mol. The average molecular weight is 320 g/mol. The zero-order valence-corrected chi connectivity index (χ0v) is 10.5. The highest BCUT2D eigenvalue weighted by Crippen LogP contribution is 2.33. The topological polar surface area (TPSA) is 41.1 Å². The van der Waals surface area contributed by atoms with Gasteiger partial charge in [-0.25, -0.2) is 4.39 Å². The summed E-state index contributed by atoms with van der Waals surface area (Å²) in [5.74, 6) is -0.397. The maximum absolute atomic E-state index is 13.3. The molecule has 2 rings (SSSR count). The zero-order chi connectivity index (χ0) is 11.2. The molecule has 1 amide bonds. The largest absolute Gasteiger partial charge is 0.370 e. The summed E-state index contributed by atoms with van der Waals surface area (Å²) in [6.45, 7) is 3.50. The molecule has 15 heavy (non-hydrogen) atoms. The Bertz CT molecular complexity index is 445. The van der Waals surface area contributed by atoms with E-state index in [1.54, 1.807) is 19.9 Å². The minimum Gasteiger partial charge on any atom is -0.370 e. The van der Waals surface area contributed by atoms with E-state index >= 15 is 0 Å². The van der Waals surface area contributed by atoms with Crippen LogP contribution >= 0.6 is 22.6 Å². The quantitative estimate of drug-likeness (QED) is 0.722. The second-order valence-electron chi connectivity index (χ2n) is 4.02. The number of amides is 1. The van der Waals surface area contributed by atoms with E-state index in [-0.39, 0.29) is 11.7 Å². The number of rotatable bonds is 0. The van der Waals surface area contributed by atoms with Gasteiger partial charge >= 0.3 is 0 Å². The van der Waals surface area contributed by atoms with E-state index in [2.05, 4.69) is 10.6 Å². The monoisotopic (exact) mass is 320 g/mol. The van der Waals surface area contributed by atoms with Crippen LogP contribution in [0.1, 0.15) is 13.8 Å². The molecule has 3 nitrogen and oxygen atoms in total. The first-order valence-electron chi connectivity index (χ1n) is 4.49. The third kappa shape index (κ3) is 1.80. The molecule has 5 heteroatoms. The molecule has 1 aliphatic heterocycles. The van der Waals surface area contributed by atoms with E-state index in [9.17, 15) is 9.18 Å². The summed E-state index contributed by atoms with van der Waals surface area (Å²) in [5, 5.41) is 5.74. The Morgan fingerprint density at radius 3 is 2.67 bits per heavy atom. The summed E-state index contributed by atoms with van der Waals surface area (Å²) in [4.78, 5) is 11.6. The van der Waals surface area contributed by atoms with Crippen molar-refractivity contribution in [3.05, 3.63) is 21.5 Å². The molecule has 0 radical (unpaired) electrons. The van der Waals surface area contributed by atoms with Gasteiger partial charge in [-0.2, -0.15) is 0 Å². The Hall–Kier alpha value is -0.850. The number of benzene rings is 1. The van der Waals surface area contributed by atoms with Gasteiger partial charge in [-0.3, -0.25) is 4.79 Å². The second kappa shape index (κ2) is 3.33. The van der Waals surface area contributed by atoms with Gasteiger partial charge in [0.15, 0.2) is 0 Å². The highest BCUT2D eigenvalue weighted by atomic mass is 127. The molecular weight excluding hydrogens is 310 g/mol. The zero-order valence-electron chi connectivity index (χ0n) is 8.32. The van der Waals surface area contributed by atoms with Crippen molar-refractivity contribution in [3.8, 4) is 0 Å². The third-order valence-corrected chi connectivity index (χ3v) is 3.15. The molecule has 0 bridgehead atoms. The van der Waals surface area contributed by atoms with E-state index in [4.69, 9.17) is 0 Å². The lowest BCUT2D eigenvalue weighted by molar-refractivity contribution is -0.119. The van der Waals surface area contributed by atoms with Gasteiger partial charge in [0.2, 0.25) is 5.91 Å². The SMILES string of the molecule is CC1(C)Nc2cc(F)c(I)cc2NC1=O. The summed E-state index contributed by atoms with van der Waals surface area (Å²) in [6.07, 6.45) is 0. The van der Waals surface area contributed by atoms with E-state index in [0.717, 1.165) is 0 Å². The second-order valence-corrected chi connectivity index (χ2v) is 5.18. The lowest BCUT2D eigenvalue weighted by atomic mass is 10.00. The number of anilines is 2. The summed E-state index contributed by atoms with van der Waals surface area (Å²) in [6, 6.07) is 3.02. The predicted octanol–water partition coefficient (Wildman–Crippen LogP) is 2.57. The molecule has 0 aromatic heterocycles. The van der Waals surface area contributed by atoms with Gasteiger partial charge in [-0.1, -0.05) is 0 Å². The van der Waals surface area contributed by atoms with E-state index in [0.29, 0.717) is 14.9 Å². The number of carbonyl (C=O) groups is 1. The van der Waals surface area contributed by atoms with Crippen molar-refractivity contribution in [2.24, 2.45) is 0 Å². The van der Waals surface area contributed by atoms with Crippen LogP contribution in [0.4, 0.5) is 15.8 Å². The first kappa shape index (κ1) is 10.7. The fraction of sp³-hybridized carbons (Fsp3) is 0.300. The van der Waals surface area contributed by atoms with Gasteiger partial charge in [0.25, 0.3) is 0 Å². The summed E-state index contributed by atoms with van der Waals surface area (Å²) in [7, 11) is 0. The molecule has 0 saturated carbocycles. The maximum Gasteiger partial charge on any atom is 0.249 e. The minimum absolute atomic E-state index is 0.114. The Balaban J connectivity index is 2.51. The number of carbonyl (C=O) groups excluding carboxylic acids is 1. The van der Waals surface area contributed by atoms with Gasteiger partial charge in [0, 0.05) is 6.07 Å². The first-order chi connectivity index (χ1) is 6.90. The van der Waals surface area contributed by atoms with Gasteiger partial charge in [-0.15, -0.1) is 0 Å². The van der Waals surface area contributed by atoms with Crippen LogP contribution in [0.15, 0.2) is 12.1 Å².